The number of carbonyl (C=O) groups is 1. The SMILES string of the molecule is Cc1ccc(C(=O)N2CCNCC2C)n1C.Cl. The Kier molecular flexibility index (Phi) is 4.60. The Morgan fingerprint density at radius 2 is 2.18 bits per heavy atom. The first-order valence-corrected chi connectivity index (χ1v) is 5.75. The third-order valence-electron chi connectivity index (χ3n) is 3.35. The molecule has 1 fully saturated rings. The fourth-order valence-corrected chi connectivity index (χ4v) is 2.12. The highest BCUT2D eigenvalue weighted by molar-refractivity contribution is 5.93. The van der Waals surface area contributed by atoms with Crippen molar-refractivity contribution in [2.45, 2.75) is 19.9 Å². The van der Waals surface area contributed by atoms with E-state index in [1.54, 1.807) is 0 Å². The number of piperazine rings is 1. The molecule has 4 nitrogen and oxygen atoms in total. The van der Waals surface area contributed by atoms with Crippen molar-refractivity contribution in [2.75, 3.05) is 19.6 Å². The second-order valence-corrected chi connectivity index (χ2v) is 4.47. The van der Waals surface area contributed by atoms with E-state index >= 15 is 0 Å². The van der Waals surface area contributed by atoms with Crippen LogP contribution in [0.4, 0.5) is 0 Å². The third-order valence-corrected chi connectivity index (χ3v) is 3.35. The molecule has 1 unspecified atom stereocenters. The van der Waals surface area contributed by atoms with Gasteiger partial charge in [0.2, 0.25) is 0 Å². The molecule has 0 spiro atoms. The van der Waals surface area contributed by atoms with Gasteiger partial charge >= 0.3 is 0 Å². The molecule has 1 amide bonds. The molecule has 0 aromatic carbocycles. The topological polar surface area (TPSA) is 37.3 Å². The molecule has 1 N–H and O–H groups in total. The summed E-state index contributed by atoms with van der Waals surface area (Å²) in [4.78, 5) is 14.3. The van der Waals surface area contributed by atoms with Crippen molar-refractivity contribution in [3.8, 4) is 0 Å². The van der Waals surface area contributed by atoms with Crippen LogP contribution in [-0.2, 0) is 7.05 Å². The van der Waals surface area contributed by atoms with Crippen LogP contribution in [-0.4, -0.2) is 41.1 Å². The first-order valence-electron chi connectivity index (χ1n) is 5.75. The zero-order valence-electron chi connectivity index (χ0n) is 10.6. The second-order valence-electron chi connectivity index (χ2n) is 4.47. The maximum Gasteiger partial charge on any atom is 0.270 e. The molecule has 2 heterocycles. The van der Waals surface area contributed by atoms with Gasteiger partial charge in [0.15, 0.2) is 0 Å². The lowest BCUT2D eigenvalue weighted by Gasteiger charge is -2.34. The highest BCUT2D eigenvalue weighted by atomic mass is 35.5. The van der Waals surface area contributed by atoms with E-state index in [4.69, 9.17) is 0 Å². The van der Waals surface area contributed by atoms with Gasteiger partial charge in [-0.2, -0.15) is 0 Å². The van der Waals surface area contributed by atoms with Crippen molar-refractivity contribution in [2.24, 2.45) is 7.05 Å². The summed E-state index contributed by atoms with van der Waals surface area (Å²) in [6.07, 6.45) is 0. The lowest BCUT2D eigenvalue weighted by atomic mass is 10.2. The fraction of sp³-hybridized carbons (Fsp3) is 0.583. The van der Waals surface area contributed by atoms with Crippen LogP contribution in [0.25, 0.3) is 0 Å². The summed E-state index contributed by atoms with van der Waals surface area (Å²) in [5.74, 6) is 0.143. The average molecular weight is 258 g/mol. The van der Waals surface area contributed by atoms with Crippen LogP contribution in [0.15, 0.2) is 12.1 Å². The third kappa shape index (κ3) is 2.64. The van der Waals surface area contributed by atoms with Gasteiger partial charge in [-0.1, -0.05) is 0 Å². The van der Waals surface area contributed by atoms with E-state index in [1.165, 1.54) is 0 Å². The Morgan fingerprint density at radius 1 is 1.47 bits per heavy atom. The van der Waals surface area contributed by atoms with Gasteiger partial charge in [0.25, 0.3) is 5.91 Å². The number of nitrogens with zero attached hydrogens (tertiary/aromatic N) is 2. The highest BCUT2D eigenvalue weighted by Gasteiger charge is 2.25. The number of hydrogen-bond donors (Lipinski definition) is 1. The summed E-state index contributed by atoms with van der Waals surface area (Å²) in [6, 6.07) is 4.17. The molecule has 0 radical (unpaired) electrons. The van der Waals surface area contributed by atoms with Gasteiger partial charge in [-0.25, -0.2) is 0 Å². The minimum atomic E-state index is 0. The average Bonchev–Trinajstić information content (AvgIpc) is 2.60. The van der Waals surface area contributed by atoms with E-state index in [9.17, 15) is 4.79 Å². The van der Waals surface area contributed by atoms with Gasteiger partial charge in [0.05, 0.1) is 0 Å². The quantitative estimate of drug-likeness (QED) is 0.821. The van der Waals surface area contributed by atoms with Crippen LogP contribution in [0, 0.1) is 6.92 Å². The fourth-order valence-electron chi connectivity index (χ4n) is 2.12. The van der Waals surface area contributed by atoms with Crippen molar-refractivity contribution < 1.29 is 4.79 Å². The summed E-state index contributed by atoms with van der Waals surface area (Å²) < 4.78 is 1.96. The van der Waals surface area contributed by atoms with Crippen LogP contribution in [0.5, 0.6) is 0 Å². The van der Waals surface area contributed by atoms with E-state index in [0.29, 0.717) is 0 Å². The number of nitrogens with one attached hydrogen (secondary N) is 1. The molecule has 1 aromatic heterocycles. The van der Waals surface area contributed by atoms with Crippen molar-refractivity contribution in [3.63, 3.8) is 0 Å². The molecule has 5 heteroatoms. The van der Waals surface area contributed by atoms with E-state index < -0.39 is 0 Å². The summed E-state index contributed by atoms with van der Waals surface area (Å²) in [7, 11) is 1.94. The number of aryl methyl sites for hydroxylation is 1. The minimum Gasteiger partial charge on any atom is -0.344 e. The monoisotopic (exact) mass is 257 g/mol. The van der Waals surface area contributed by atoms with Gasteiger partial charge in [-0.05, 0) is 26.0 Å². The first-order chi connectivity index (χ1) is 7.61. The maximum absolute atomic E-state index is 12.3. The predicted octanol–water partition coefficient (Wildman–Crippen LogP) is 1.19. The maximum atomic E-state index is 12.3. The predicted molar refractivity (Wildman–Crippen MR) is 70.8 cm³/mol. The van der Waals surface area contributed by atoms with E-state index in [-0.39, 0.29) is 24.4 Å². The first kappa shape index (κ1) is 14.1. The Bertz CT molecular complexity index is 402. The molecular formula is C12H20ClN3O. The molecule has 17 heavy (non-hydrogen) atoms. The molecule has 1 atom stereocenters. The highest BCUT2D eigenvalue weighted by Crippen LogP contribution is 2.12. The molecule has 0 saturated carbocycles. The molecule has 1 aromatic rings. The summed E-state index contributed by atoms with van der Waals surface area (Å²) in [5.41, 5.74) is 1.90. The van der Waals surface area contributed by atoms with Crippen LogP contribution in [0.2, 0.25) is 0 Å². The minimum absolute atomic E-state index is 0. The number of hydrogen-bond acceptors (Lipinski definition) is 2. The van der Waals surface area contributed by atoms with Crippen LogP contribution in [0.3, 0.4) is 0 Å². The smallest absolute Gasteiger partial charge is 0.270 e. The molecule has 1 aliphatic rings. The molecule has 2 rings (SSSR count). The Balaban J connectivity index is 0.00000144. The Hall–Kier alpha value is -1.00. The van der Waals surface area contributed by atoms with Gasteiger partial charge in [-0.3, -0.25) is 4.79 Å². The van der Waals surface area contributed by atoms with E-state index in [1.807, 2.05) is 35.6 Å². The molecule has 96 valence electrons. The second kappa shape index (κ2) is 5.56. The molecule has 0 bridgehead atoms. The van der Waals surface area contributed by atoms with Gasteiger partial charge in [0.1, 0.15) is 5.69 Å². The molecular weight excluding hydrogens is 238 g/mol. The lowest BCUT2D eigenvalue weighted by molar-refractivity contribution is 0.0645. The Labute approximate surface area is 108 Å². The van der Waals surface area contributed by atoms with Crippen molar-refractivity contribution >= 4 is 18.3 Å². The van der Waals surface area contributed by atoms with E-state index in [2.05, 4.69) is 12.2 Å². The molecule has 0 aliphatic carbocycles. The normalized spacial score (nSPS) is 19.9. The number of amides is 1. The van der Waals surface area contributed by atoms with Crippen LogP contribution < -0.4 is 5.32 Å². The Morgan fingerprint density at radius 3 is 2.71 bits per heavy atom. The van der Waals surface area contributed by atoms with Gasteiger partial charge in [-0.15, -0.1) is 12.4 Å². The van der Waals surface area contributed by atoms with Gasteiger partial charge < -0.3 is 14.8 Å². The van der Waals surface area contributed by atoms with Crippen LogP contribution >= 0.6 is 12.4 Å². The number of rotatable bonds is 1. The van der Waals surface area contributed by atoms with Crippen molar-refractivity contribution in [1.82, 2.24) is 14.8 Å². The number of carbonyl (C=O) groups excluding carboxylic acids is 1. The molecule has 1 aliphatic heterocycles. The van der Waals surface area contributed by atoms with E-state index in [0.717, 1.165) is 31.0 Å². The largest absolute Gasteiger partial charge is 0.344 e. The standard InChI is InChI=1S/C12H19N3O.ClH/c1-9-4-5-11(14(9)3)12(16)15-7-6-13-8-10(15)2;/h4-5,10,13H,6-8H2,1-3H3;1H. The van der Waals surface area contributed by atoms with Crippen molar-refractivity contribution in [1.29, 1.82) is 0 Å². The van der Waals surface area contributed by atoms with Gasteiger partial charge in [0, 0.05) is 38.4 Å². The molecule has 1 saturated heterocycles. The zero-order chi connectivity index (χ0) is 11.7. The van der Waals surface area contributed by atoms with Crippen molar-refractivity contribution in [3.05, 3.63) is 23.5 Å². The zero-order valence-corrected chi connectivity index (χ0v) is 11.4. The summed E-state index contributed by atoms with van der Waals surface area (Å²) in [5, 5.41) is 3.29. The summed E-state index contributed by atoms with van der Waals surface area (Å²) in [6.45, 7) is 6.66. The summed E-state index contributed by atoms with van der Waals surface area (Å²) >= 11 is 0. The lowest BCUT2D eigenvalue weighted by Crippen LogP contribution is -2.52. The van der Waals surface area contributed by atoms with Crippen LogP contribution in [0.1, 0.15) is 23.1 Å². The number of aromatic nitrogens is 1. The number of halogens is 1.